The molecule has 0 aliphatic heterocycles. The van der Waals surface area contributed by atoms with Crippen LogP contribution >= 0.6 is 27.3 Å². The van der Waals surface area contributed by atoms with Crippen molar-refractivity contribution in [3.63, 3.8) is 0 Å². The summed E-state index contributed by atoms with van der Waals surface area (Å²) in [7, 11) is 0. The Labute approximate surface area is 119 Å². The van der Waals surface area contributed by atoms with E-state index in [0.717, 1.165) is 15.1 Å². The minimum Gasteiger partial charge on any atom is -0.488 e. The Bertz CT molecular complexity index is 491. The molecule has 18 heavy (non-hydrogen) atoms. The first-order chi connectivity index (χ1) is 8.63. The average molecular weight is 327 g/mol. The van der Waals surface area contributed by atoms with Crippen LogP contribution in [0.1, 0.15) is 17.4 Å². The topological polar surface area (TPSA) is 29.5 Å². The predicted octanol–water partition coefficient (Wildman–Crippen LogP) is 4.01. The van der Waals surface area contributed by atoms with Crippen molar-refractivity contribution in [2.24, 2.45) is 0 Å². The fraction of sp³-hybridized carbons (Fsp3) is 0.286. The third kappa shape index (κ3) is 4.12. The van der Waals surface area contributed by atoms with Gasteiger partial charge in [0.1, 0.15) is 12.4 Å². The Morgan fingerprint density at radius 1 is 1.22 bits per heavy atom. The second-order valence-corrected chi connectivity index (χ2v) is 6.74. The molecule has 4 heteroatoms. The highest BCUT2D eigenvalue weighted by atomic mass is 79.9. The number of aliphatic hydroxyl groups excluding tert-OH is 1. The summed E-state index contributed by atoms with van der Waals surface area (Å²) in [5.74, 6) is 0.855. The normalized spacial score (nSPS) is 12.4. The van der Waals surface area contributed by atoms with Crippen LogP contribution in [0.5, 0.6) is 5.75 Å². The van der Waals surface area contributed by atoms with E-state index in [1.54, 1.807) is 18.3 Å². The van der Waals surface area contributed by atoms with Gasteiger partial charge >= 0.3 is 0 Å². The molecule has 0 amide bonds. The molecule has 1 N–H and O–H groups in total. The Morgan fingerprint density at radius 3 is 2.50 bits per heavy atom. The first-order valence-electron chi connectivity index (χ1n) is 5.77. The first kappa shape index (κ1) is 13.6. The van der Waals surface area contributed by atoms with Crippen LogP contribution in [0.4, 0.5) is 0 Å². The van der Waals surface area contributed by atoms with Crippen LogP contribution < -0.4 is 4.74 Å². The first-order valence-corrected chi connectivity index (χ1v) is 7.38. The molecule has 1 atom stereocenters. The lowest BCUT2D eigenvalue weighted by atomic mass is 10.1. The third-order valence-corrected chi connectivity index (χ3v) is 4.06. The van der Waals surface area contributed by atoms with Crippen molar-refractivity contribution in [3.8, 4) is 5.75 Å². The lowest BCUT2D eigenvalue weighted by Gasteiger charge is -2.07. The number of hydrogen-bond donors (Lipinski definition) is 1. The van der Waals surface area contributed by atoms with Gasteiger partial charge in [-0.05, 0) is 59.1 Å². The maximum atomic E-state index is 9.30. The van der Waals surface area contributed by atoms with Crippen LogP contribution in [0, 0.1) is 0 Å². The van der Waals surface area contributed by atoms with Gasteiger partial charge in [0.25, 0.3) is 0 Å². The van der Waals surface area contributed by atoms with E-state index in [0.29, 0.717) is 13.0 Å². The quantitative estimate of drug-likeness (QED) is 0.899. The lowest BCUT2D eigenvalue weighted by Crippen LogP contribution is -2.03. The minimum atomic E-state index is -0.305. The summed E-state index contributed by atoms with van der Waals surface area (Å²) >= 11 is 5.11. The molecule has 1 heterocycles. The molecule has 1 unspecified atom stereocenters. The highest BCUT2D eigenvalue weighted by Gasteiger charge is 2.01. The van der Waals surface area contributed by atoms with Gasteiger partial charge in [-0.1, -0.05) is 12.1 Å². The van der Waals surface area contributed by atoms with Gasteiger partial charge in [-0.3, -0.25) is 0 Å². The van der Waals surface area contributed by atoms with E-state index in [-0.39, 0.29) is 6.10 Å². The number of halogens is 1. The van der Waals surface area contributed by atoms with Crippen LogP contribution in [0.3, 0.4) is 0 Å². The molecule has 0 bridgehead atoms. The van der Waals surface area contributed by atoms with Gasteiger partial charge in [0, 0.05) is 4.88 Å². The predicted molar refractivity (Wildman–Crippen MR) is 78.2 cm³/mol. The van der Waals surface area contributed by atoms with Gasteiger partial charge in [-0.15, -0.1) is 11.3 Å². The molecule has 96 valence electrons. The van der Waals surface area contributed by atoms with Crippen LogP contribution in [-0.4, -0.2) is 11.2 Å². The molecule has 0 spiro atoms. The molecule has 0 aliphatic rings. The second kappa shape index (κ2) is 6.36. The van der Waals surface area contributed by atoms with Crippen molar-refractivity contribution in [2.45, 2.75) is 26.1 Å². The molecule has 0 saturated carbocycles. The molecular weight excluding hydrogens is 312 g/mol. The Morgan fingerprint density at radius 2 is 1.94 bits per heavy atom. The van der Waals surface area contributed by atoms with Gasteiger partial charge in [0.2, 0.25) is 0 Å². The summed E-state index contributed by atoms with van der Waals surface area (Å²) in [6.45, 7) is 2.38. The number of aliphatic hydroxyl groups is 1. The van der Waals surface area contributed by atoms with Gasteiger partial charge in [-0.25, -0.2) is 0 Å². The van der Waals surface area contributed by atoms with E-state index < -0.39 is 0 Å². The van der Waals surface area contributed by atoms with E-state index >= 15 is 0 Å². The zero-order valence-electron chi connectivity index (χ0n) is 10.1. The summed E-state index contributed by atoms with van der Waals surface area (Å²) in [5.41, 5.74) is 1.12. The van der Waals surface area contributed by atoms with Crippen LogP contribution in [-0.2, 0) is 13.0 Å². The van der Waals surface area contributed by atoms with Crippen molar-refractivity contribution in [1.82, 2.24) is 0 Å². The highest BCUT2D eigenvalue weighted by Crippen LogP contribution is 2.23. The standard InChI is InChI=1S/C14H15BrO2S/c1-10(16)8-11-2-4-12(5-3-11)17-9-13-6-7-14(15)18-13/h2-7,10,16H,8-9H2,1H3. The fourth-order valence-corrected chi connectivity index (χ4v) is 3.04. The summed E-state index contributed by atoms with van der Waals surface area (Å²) in [6, 6.07) is 11.9. The molecule has 0 saturated heterocycles. The Hall–Kier alpha value is -0.840. The third-order valence-electron chi connectivity index (χ3n) is 2.46. The Balaban J connectivity index is 1.90. The van der Waals surface area contributed by atoms with Gasteiger partial charge in [0.05, 0.1) is 9.89 Å². The summed E-state index contributed by atoms with van der Waals surface area (Å²) in [4.78, 5) is 1.19. The van der Waals surface area contributed by atoms with E-state index in [4.69, 9.17) is 4.74 Å². The maximum Gasteiger partial charge on any atom is 0.122 e. The smallest absolute Gasteiger partial charge is 0.122 e. The number of rotatable bonds is 5. The highest BCUT2D eigenvalue weighted by molar-refractivity contribution is 9.11. The lowest BCUT2D eigenvalue weighted by molar-refractivity contribution is 0.195. The number of benzene rings is 1. The molecular formula is C14H15BrO2S. The van der Waals surface area contributed by atoms with Crippen molar-refractivity contribution in [3.05, 3.63) is 50.6 Å². The summed E-state index contributed by atoms with van der Waals surface area (Å²) in [5, 5.41) is 9.30. The fourth-order valence-electron chi connectivity index (χ4n) is 1.65. The average Bonchev–Trinajstić information content (AvgIpc) is 2.74. The van der Waals surface area contributed by atoms with Gasteiger partial charge < -0.3 is 9.84 Å². The summed E-state index contributed by atoms with van der Waals surface area (Å²) in [6.07, 6.45) is 0.373. The molecule has 1 aromatic carbocycles. The van der Waals surface area contributed by atoms with Crippen LogP contribution in [0.15, 0.2) is 40.2 Å². The number of ether oxygens (including phenoxy) is 1. The molecule has 2 rings (SSSR count). The molecule has 0 fully saturated rings. The van der Waals surface area contributed by atoms with Crippen molar-refractivity contribution < 1.29 is 9.84 Å². The Kier molecular flexibility index (Phi) is 4.80. The number of thiophene rings is 1. The van der Waals surface area contributed by atoms with Gasteiger partial charge in [-0.2, -0.15) is 0 Å². The van der Waals surface area contributed by atoms with Crippen molar-refractivity contribution in [1.29, 1.82) is 0 Å². The maximum absolute atomic E-state index is 9.30. The van der Waals surface area contributed by atoms with Gasteiger partial charge in [0.15, 0.2) is 0 Å². The zero-order chi connectivity index (χ0) is 13.0. The van der Waals surface area contributed by atoms with E-state index in [1.807, 2.05) is 30.3 Å². The molecule has 2 nitrogen and oxygen atoms in total. The van der Waals surface area contributed by atoms with E-state index in [1.165, 1.54) is 4.88 Å². The molecule has 2 aromatic rings. The monoisotopic (exact) mass is 326 g/mol. The number of hydrogen-bond acceptors (Lipinski definition) is 3. The van der Waals surface area contributed by atoms with Crippen LogP contribution in [0.25, 0.3) is 0 Å². The molecule has 0 aliphatic carbocycles. The zero-order valence-corrected chi connectivity index (χ0v) is 12.5. The molecule has 0 radical (unpaired) electrons. The largest absolute Gasteiger partial charge is 0.488 e. The second-order valence-electron chi connectivity index (χ2n) is 4.19. The van der Waals surface area contributed by atoms with E-state index in [9.17, 15) is 5.11 Å². The van der Waals surface area contributed by atoms with Crippen molar-refractivity contribution in [2.75, 3.05) is 0 Å². The van der Waals surface area contributed by atoms with Crippen LogP contribution in [0.2, 0.25) is 0 Å². The van der Waals surface area contributed by atoms with E-state index in [2.05, 4.69) is 22.0 Å². The van der Waals surface area contributed by atoms with Crippen molar-refractivity contribution >= 4 is 27.3 Å². The SMILES string of the molecule is CC(O)Cc1ccc(OCc2ccc(Br)s2)cc1. The minimum absolute atomic E-state index is 0.305. The summed E-state index contributed by atoms with van der Waals surface area (Å²) < 4.78 is 6.81. The molecule has 1 aromatic heterocycles.